The first-order valence-corrected chi connectivity index (χ1v) is 6.70. The Labute approximate surface area is 120 Å². The molecule has 0 radical (unpaired) electrons. The van der Waals surface area contributed by atoms with Crippen molar-refractivity contribution in [2.45, 2.75) is 26.1 Å². The van der Waals surface area contributed by atoms with Crippen molar-refractivity contribution in [3.63, 3.8) is 0 Å². The fourth-order valence-corrected chi connectivity index (χ4v) is 2.49. The highest BCUT2D eigenvalue weighted by Crippen LogP contribution is 2.34. The highest BCUT2D eigenvalue weighted by Gasteiger charge is 2.38. The first kappa shape index (κ1) is 14.0. The first-order valence-electron chi connectivity index (χ1n) is 6.70. The average molecular weight is 293 g/mol. The van der Waals surface area contributed by atoms with Gasteiger partial charge in [0.2, 0.25) is 0 Å². The fraction of sp³-hybridized carbons (Fsp3) is 0.333. The molecule has 1 N–H and O–H groups in total. The minimum atomic E-state index is -4.47. The Kier molecular flexibility index (Phi) is 3.41. The Morgan fingerprint density at radius 1 is 1.19 bits per heavy atom. The van der Waals surface area contributed by atoms with E-state index in [-0.39, 0.29) is 17.9 Å². The van der Waals surface area contributed by atoms with Crippen molar-refractivity contribution in [2.24, 2.45) is 0 Å². The van der Waals surface area contributed by atoms with Crippen LogP contribution in [0.4, 0.5) is 13.2 Å². The SMILES string of the molecule is Cc1cccc(-c2nc3c(c(C(F)(F)F)n2)CNCC3)c1. The van der Waals surface area contributed by atoms with Gasteiger partial charge in [-0.3, -0.25) is 0 Å². The normalized spacial score (nSPS) is 14.9. The molecule has 0 spiro atoms. The number of aryl methyl sites for hydroxylation is 1. The van der Waals surface area contributed by atoms with E-state index in [1.807, 2.05) is 13.0 Å². The van der Waals surface area contributed by atoms with Gasteiger partial charge in [0.25, 0.3) is 0 Å². The molecular formula is C15H14F3N3. The van der Waals surface area contributed by atoms with Crippen LogP contribution in [0.15, 0.2) is 24.3 Å². The molecule has 6 heteroatoms. The van der Waals surface area contributed by atoms with Crippen LogP contribution in [0.1, 0.15) is 22.5 Å². The second kappa shape index (κ2) is 5.11. The summed E-state index contributed by atoms with van der Waals surface area (Å²) in [7, 11) is 0. The van der Waals surface area contributed by atoms with E-state index in [1.54, 1.807) is 18.2 Å². The van der Waals surface area contributed by atoms with Crippen molar-refractivity contribution in [1.82, 2.24) is 15.3 Å². The van der Waals surface area contributed by atoms with Gasteiger partial charge < -0.3 is 5.32 Å². The summed E-state index contributed by atoms with van der Waals surface area (Å²) in [6.07, 6.45) is -3.98. The molecular weight excluding hydrogens is 279 g/mol. The summed E-state index contributed by atoms with van der Waals surface area (Å²) in [5, 5.41) is 2.94. The monoisotopic (exact) mass is 293 g/mol. The van der Waals surface area contributed by atoms with Gasteiger partial charge in [0, 0.05) is 30.6 Å². The quantitative estimate of drug-likeness (QED) is 0.878. The van der Waals surface area contributed by atoms with E-state index in [1.165, 1.54) is 0 Å². The molecule has 2 heterocycles. The van der Waals surface area contributed by atoms with Gasteiger partial charge in [-0.2, -0.15) is 13.2 Å². The summed E-state index contributed by atoms with van der Waals surface area (Å²) < 4.78 is 39.7. The van der Waals surface area contributed by atoms with Gasteiger partial charge in [-0.25, -0.2) is 9.97 Å². The number of rotatable bonds is 1. The number of benzene rings is 1. The minimum absolute atomic E-state index is 0.145. The minimum Gasteiger partial charge on any atom is -0.312 e. The lowest BCUT2D eigenvalue weighted by atomic mass is 10.0. The lowest BCUT2D eigenvalue weighted by Gasteiger charge is -2.21. The van der Waals surface area contributed by atoms with Gasteiger partial charge in [-0.05, 0) is 13.0 Å². The van der Waals surface area contributed by atoms with Gasteiger partial charge >= 0.3 is 6.18 Å². The number of fused-ring (bicyclic) bond motifs is 1. The summed E-state index contributed by atoms with van der Waals surface area (Å²) in [5.41, 5.74) is 1.42. The Hall–Kier alpha value is -1.95. The molecule has 0 bridgehead atoms. The Morgan fingerprint density at radius 2 is 2.00 bits per heavy atom. The summed E-state index contributed by atoms with van der Waals surface area (Å²) in [6, 6.07) is 7.21. The smallest absolute Gasteiger partial charge is 0.312 e. The van der Waals surface area contributed by atoms with Crippen LogP contribution in [0.25, 0.3) is 11.4 Å². The first-order chi connectivity index (χ1) is 9.95. The maximum atomic E-state index is 13.2. The van der Waals surface area contributed by atoms with Gasteiger partial charge in [0.15, 0.2) is 11.5 Å². The van der Waals surface area contributed by atoms with Gasteiger partial charge in [0.05, 0.1) is 5.69 Å². The molecule has 110 valence electrons. The Morgan fingerprint density at radius 3 is 2.71 bits per heavy atom. The maximum Gasteiger partial charge on any atom is 0.433 e. The third kappa shape index (κ3) is 2.76. The Bertz CT molecular complexity index is 680. The van der Waals surface area contributed by atoms with E-state index < -0.39 is 11.9 Å². The lowest BCUT2D eigenvalue weighted by molar-refractivity contribution is -0.142. The van der Waals surface area contributed by atoms with Gasteiger partial charge in [0.1, 0.15) is 0 Å². The molecule has 3 rings (SSSR count). The zero-order chi connectivity index (χ0) is 15.0. The summed E-state index contributed by atoms with van der Waals surface area (Å²) in [6.45, 7) is 2.68. The van der Waals surface area contributed by atoms with Crippen molar-refractivity contribution in [2.75, 3.05) is 6.54 Å². The van der Waals surface area contributed by atoms with Crippen molar-refractivity contribution >= 4 is 0 Å². The lowest BCUT2D eigenvalue weighted by Crippen LogP contribution is -2.29. The van der Waals surface area contributed by atoms with Crippen molar-refractivity contribution in [3.8, 4) is 11.4 Å². The number of aromatic nitrogens is 2. The van der Waals surface area contributed by atoms with E-state index in [2.05, 4.69) is 15.3 Å². The molecule has 0 saturated heterocycles. The number of hydrogen-bond acceptors (Lipinski definition) is 3. The molecule has 1 aliphatic rings. The zero-order valence-electron chi connectivity index (χ0n) is 11.5. The standard InChI is InChI=1S/C15H14F3N3/c1-9-3-2-4-10(7-9)14-20-12-5-6-19-8-11(12)13(21-14)15(16,17)18/h2-4,7,19H,5-6,8H2,1H3. The van der Waals surface area contributed by atoms with Crippen LogP contribution in [0.2, 0.25) is 0 Å². The molecule has 0 aliphatic carbocycles. The predicted molar refractivity (Wildman–Crippen MR) is 72.6 cm³/mol. The van der Waals surface area contributed by atoms with Crippen LogP contribution in [0, 0.1) is 6.92 Å². The predicted octanol–water partition coefficient (Wildman–Crippen LogP) is 3.12. The number of nitrogens with one attached hydrogen (secondary N) is 1. The Balaban J connectivity index is 2.19. The van der Waals surface area contributed by atoms with Crippen molar-refractivity contribution in [1.29, 1.82) is 0 Å². The zero-order valence-corrected chi connectivity index (χ0v) is 11.5. The average Bonchev–Trinajstić information content (AvgIpc) is 2.45. The second-order valence-corrected chi connectivity index (χ2v) is 5.12. The van der Waals surface area contributed by atoms with Crippen LogP contribution in [0.5, 0.6) is 0 Å². The molecule has 2 aromatic rings. The summed E-state index contributed by atoms with van der Waals surface area (Å²) >= 11 is 0. The molecule has 3 nitrogen and oxygen atoms in total. The molecule has 0 unspecified atom stereocenters. The molecule has 0 fully saturated rings. The van der Waals surface area contributed by atoms with Crippen LogP contribution in [-0.4, -0.2) is 16.5 Å². The number of halogens is 3. The van der Waals surface area contributed by atoms with Gasteiger partial charge in [-0.1, -0.05) is 23.8 Å². The van der Waals surface area contributed by atoms with Crippen molar-refractivity contribution < 1.29 is 13.2 Å². The second-order valence-electron chi connectivity index (χ2n) is 5.12. The molecule has 0 saturated carbocycles. The van der Waals surface area contributed by atoms with E-state index in [0.29, 0.717) is 24.2 Å². The fourth-order valence-electron chi connectivity index (χ4n) is 2.49. The third-order valence-electron chi connectivity index (χ3n) is 3.48. The molecule has 1 aromatic heterocycles. The topological polar surface area (TPSA) is 37.8 Å². The largest absolute Gasteiger partial charge is 0.433 e. The molecule has 21 heavy (non-hydrogen) atoms. The number of nitrogens with zero attached hydrogens (tertiary/aromatic N) is 2. The van der Waals surface area contributed by atoms with Crippen LogP contribution in [-0.2, 0) is 19.1 Å². The van der Waals surface area contributed by atoms with Crippen LogP contribution < -0.4 is 5.32 Å². The van der Waals surface area contributed by atoms with Gasteiger partial charge in [-0.15, -0.1) is 0 Å². The van der Waals surface area contributed by atoms with E-state index in [9.17, 15) is 13.2 Å². The van der Waals surface area contributed by atoms with E-state index >= 15 is 0 Å². The van der Waals surface area contributed by atoms with Crippen LogP contribution in [0.3, 0.4) is 0 Å². The van der Waals surface area contributed by atoms with E-state index in [0.717, 1.165) is 5.56 Å². The highest BCUT2D eigenvalue weighted by molar-refractivity contribution is 5.57. The summed E-state index contributed by atoms with van der Waals surface area (Å²) in [4.78, 5) is 8.14. The van der Waals surface area contributed by atoms with Crippen LogP contribution >= 0.6 is 0 Å². The summed E-state index contributed by atoms with van der Waals surface area (Å²) in [5.74, 6) is 0.145. The van der Waals surface area contributed by atoms with E-state index in [4.69, 9.17) is 0 Å². The number of hydrogen-bond donors (Lipinski definition) is 1. The molecule has 1 aromatic carbocycles. The maximum absolute atomic E-state index is 13.2. The highest BCUT2D eigenvalue weighted by atomic mass is 19.4. The van der Waals surface area contributed by atoms with Crippen molar-refractivity contribution in [3.05, 3.63) is 46.8 Å². The number of alkyl halides is 3. The molecule has 0 atom stereocenters. The molecule has 0 amide bonds. The third-order valence-corrected chi connectivity index (χ3v) is 3.48. The molecule has 1 aliphatic heterocycles.